The maximum absolute atomic E-state index is 11.7. The van der Waals surface area contributed by atoms with E-state index in [9.17, 15) is 9.90 Å². The SMILES string of the molecule is CC1(CNC(=O)NCC(O)c2ccco2)CCCC1. The van der Waals surface area contributed by atoms with Gasteiger partial charge in [-0.2, -0.15) is 0 Å². The van der Waals surface area contributed by atoms with Gasteiger partial charge >= 0.3 is 6.03 Å². The molecule has 0 saturated heterocycles. The van der Waals surface area contributed by atoms with E-state index in [0.717, 1.165) is 0 Å². The van der Waals surface area contributed by atoms with E-state index in [1.54, 1.807) is 12.1 Å². The highest BCUT2D eigenvalue weighted by Gasteiger charge is 2.28. The summed E-state index contributed by atoms with van der Waals surface area (Å²) in [5, 5.41) is 15.3. The average Bonchev–Trinajstić information content (AvgIpc) is 3.05. The fraction of sp³-hybridized carbons (Fsp3) is 0.643. The van der Waals surface area contributed by atoms with Gasteiger partial charge in [0.05, 0.1) is 12.8 Å². The molecule has 0 bridgehead atoms. The second-order valence-corrected chi connectivity index (χ2v) is 5.61. The second kappa shape index (κ2) is 6.10. The van der Waals surface area contributed by atoms with Crippen molar-refractivity contribution in [3.05, 3.63) is 24.2 Å². The molecule has 1 atom stereocenters. The highest BCUT2D eigenvalue weighted by atomic mass is 16.4. The van der Waals surface area contributed by atoms with Crippen molar-refractivity contribution in [2.45, 2.75) is 38.7 Å². The largest absolute Gasteiger partial charge is 0.467 e. The second-order valence-electron chi connectivity index (χ2n) is 5.61. The van der Waals surface area contributed by atoms with Crippen molar-refractivity contribution in [2.75, 3.05) is 13.1 Å². The van der Waals surface area contributed by atoms with Gasteiger partial charge in [0.15, 0.2) is 0 Å². The summed E-state index contributed by atoms with van der Waals surface area (Å²) in [4.78, 5) is 11.7. The lowest BCUT2D eigenvalue weighted by molar-refractivity contribution is 0.147. The lowest BCUT2D eigenvalue weighted by atomic mass is 9.89. The summed E-state index contributed by atoms with van der Waals surface area (Å²) >= 11 is 0. The molecular formula is C14H22N2O3. The number of aliphatic hydroxyl groups is 1. The van der Waals surface area contributed by atoms with E-state index in [0.29, 0.717) is 12.3 Å². The molecule has 0 radical (unpaired) electrons. The fourth-order valence-corrected chi connectivity index (χ4v) is 2.53. The van der Waals surface area contributed by atoms with Crippen molar-refractivity contribution in [1.29, 1.82) is 0 Å². The van der Waals surface area contributed by atoms with Gasteiger partial charge in [-0.05, 0) is 30.4 Å². The number of furan rings is 1. The van der Waals surface area contributed by atoms with Crippen LogP contribution in [0.25, 0.3) is 0 Å². The van der Waals surface area contributed by atoms with Gasteiger partial charge in [0, 0.05) is 6.54 Å². The summed E-state index contributed by atoms with van der Waals surface area (Å²) in [6, 6.07) is 3.15. The van der Waals surface area contributed by atoms with Gasteiger partial charge in [-0.1, -0.05) is 19.8 Å². The number of rotatable bonds is 5. The predicted octanol–water partition coefficient (Wildman–Crippen LogP) is 2.19. The smallest absolute Gasteiger partial charge is 0.314 e. The lowest BCUT2D eigenvalue weighted by Crippen LogP contribution is -2.42. The number of hydrogen-bond donors (Lipinski definition) is 3. The Morgan fingerprint density at radius 2 is 2.21 bits per heavy atom. The van der Waals surface area contributed by atoms with E-state index >= 15 is 0 Å². The van der Waals surface area contributed by atoms with Crippen LogP contribution in [-0.4, -0.2) is 24.2 Å². The Morgan fingerprint density at radius 1 is 1.47 bits per heavy atom. The van der Waals surface area contributed by atoms with Crippen molar-refractivity contribution in [3.8, 4) is 0 Å². The van der Waals surface area contributed by atoms with Gasteiger partial charge in [0.2, 0.25) is 0 Å². The van der Waals surface area contributed by atoms with Crippen LogP contribution >= 0.6 is 0 Å². The first-order chi connectivity index (χ1) is 9.09. The Morgan fingerprint density at radius 3 is 2.84 bits per heavy atom. The maximum Gasteiger partial charge on any atom is 0.314 e. The van der Waals surface area contributed by atoms with Crippen LogP contribution in [0.5, 0.6) is 0 Å². The first-order valence-corrected chi connectivity index (χ1v) is 6.82. The third-order valence-electron chi connectivity index (χ3n) is 3.81. The number of aliphatic hydroxyl groups excluding tert-OH is 1. The molecule has 1 aliphatic rings. The molecule has 0 aliphatic heterocycles. The van der Waals surface area contributed by atoms with Gasteiger partial charge in [0.1, 0.15) is 11.9 Å². The normalized spacial score (nSPS) is 19.1. The van der Waals surface area contributed by atoms with E-state index < -0.39 is 6.10 Å². The lowest BCUT2D eigenvalue weighted by Gasteiger charge is -2.23. The van der Waals surface area contributed by atoms with Crippen LogP contribution in [0.3, 0.4) is 0 Å². The van der Waals surface area contributed by atoms with Crippen LogP contribution in [0.2, 0.25) is 0 Å². The Labute approximate surface area is 113 Å². The van der Waals surface area contributed by atoms with Crippen LogP contribution in [0.1, 0.15) is 44.5 Å². The molecule has 1 heterocycles. The zero-order chi connectivity index (χ0) is 13.7. The van der Waals surface area contributed by atoms with Crippen molar-refractivity contribution in [3.63, 3.8) is 0 Å². The van der Waals surface area contributed by atoms with Gasteiger partial charge in [-0.3, -0.25) is 0 Å². The molecule has 2 rings (SSSR count). The number of carbonyl (C=O) groups excluding carboxylic acids is 1. The minimum Gasteiger partial charge on any atom is -0.467 e. The highest BCUT2D eigenvalue weighted by Crippen LogP contribution is 2.36. The van der Waals surface area contributed by atoms with Crippen LogP contribution in [-0.2, 0) is 0 Å². The molecule has 19 heavy (non-hydrogen) atoms. The minimum absolute atomic E-state index is 0.149. The van der Waals surface area contributed by atoms with Gasteiger partial charge < -0.3 is 20.2 Å². The Kier molecular flexibility index (Phi) is 4.47. The average molecular weight is 266 g/mol. The number of nitrogens with one attached hydrogen (secondary N) is 2. The van der Waals surface area contributed by atoms with E-state index in [1.807, 2.05) is 0 Å². The number of hydrogen-bond acceptors (Lipinski definition) is 3. The molecule has 0 aromatic carbocycles. The molecule has 1 aliphatic carbocycles. The van der Waals surface area contributed by atoms with Crippen molar-refractivity contribution < 1.29 is 14.3 Å². The summed E-state index contributed by atoms with van der Waals surface area (Å²) in [6.45, 7) is 3.05. The topological polar surface area (TPSA) is 74.5 Å². The quantitative estimate of drug-likeness (QED) is 0.764. The highest BCUT2D eigenvalue weighted by molar-refractivity contribution is 5.73. The Bertz CT molecular complexity index is 397. The molecule has 2 amide bonds. The molecule has 1 fully saturated rings. The zero-order valence-corrected chi connectivity index (χ0v) is 11.3. The minimum atomic E-state index is -0.803. The van der Waals surface area contributed by atoms with Gasteiger partial charge in [-0.15, -0.1) is 0 Å². The summed E-state index contributed by atoms with van der Waals surface area (Å²) < 4.78 is 5.06. The monoisotopic (exact) mass is 266 g/mol. The molecule has 5 heteroatoms. The van der Waals surface area contributed by atoms with Crippen LogP contribution < -0.4 is 10.6 Å². The Hall–Kier alpha value is -1.49. The van der Waals surface area contributed by atoms with E-state index in [1.165, 1.54) is 31.9 Å². The molecular weight excluding hydrogens is 244 g/mol. The molecule has 1 aromatic rings. The summed E-state index contributed by atoms with van der Waals surface area (Å²) in [5.41, 5.74) is 0.233. The predicted molar refractivity (Wildman–Crippen MR) is 71.6 cm³/mol. The van der Waals surface area contributed by atoms with Crippen LogP contribution in [0.15, 0.2) is 22.8 Å². The number of amides is 2. The third kappa shape index (κ3) is 3.99. The molecule has 0 spiro atoms. The molecule has 1 aromatic heterocycles. The third-order valence-corrected chi connectivity index (χ3v) is 3.81. The standard InChI is InChI=1S/C14H22N2O3/c1-14(6-2-3-7-14)10-16-13(18)15-9-11(17)12-5-4-8-19-12/h4-5,8,11,17H,2-3,6-7,9-10H2,1H3,(H2,15,16,18). The molecule has 106 valence electrons. The van der Waals surface area contributed by atoms with Crippen LogP contribution in [0, 0.1) is 5.41 Å². The van der Waals surface area contributed by atoms with Gasteiger partial charge in [-0.25, -0.2) is 4.79 Å². The van der Waals surface area contributed by atoms with E-state index in [2.05, 4.69) is 17.6 Å². The number of urea groups is 1. The van der Waals surface area contributed by atoms with Crippen molar-refractivity contribution in [2.24, 2.45) is 5.41 Å². The van der Waals surface area contributed by atoms with Crippen molar-refractivity contribution >= 4 is 6.03 Å². The maximum atomic E-state index is 11.7. The molecule has 3 N–H and O–H groups in total. The summed E-state index contributed by atoms with van der Waals surface area (Å²) in [6.07, 6.45) is 5.53. The summed E-state index contributed by atoms with van der Waals surface area (Å²) in [5.74, 6) is 0.461. The first kappa shape index (κ1) is 13.9. The Balaban J connectivity index is 1.67. The molecule has 5 nitrogen and oxygen atoms in total. The van der Waals surface area contributed by atoms with Crippen molar-refractivity contribution in [1.82, 2.24) is 10.6 Å². The van der Waals surface area contributed by atoms with E-state index in [4.69, 9.17) is 4.42 Å². The van der Waals surface area contributed by atoms with E-state index in [-0.39, 0.29) is 18.0 Å². The summed E-state index contributed by atoms with van der Waals surface area (Å²) in [7, 11) is 0. The van der Waals surface area contributed by atoms with Crippen LogP contribution in [0.4, 0.5) is 4.79 Å². The molecule has 1 saturated carbocycles. The number of carbonyl (C=O) groups is 1. The fourth-order valence-electron chi connectivity index (χ4n) is 2.53. The first-order valence-electron chi connectivity index (χ1n) is 6.82. The molecule has 1 unspecified atom stereocenters. The zero-order valence-electron chi connectivity index (χ0n) is 11.3. The van der Waals surface area contributed by atoms with Gasteiger partial charge in [0.25, 0.3) is 0 Å².